The highest BCUT2D eigenvalue weighted by molar-refractivity contribution is 7.92. The van der Waals surface area contributed by atoms with Crippen LogP contribution in [0.4, 0.5) is 4.79 Å². The van der Waals surface area contributed by atoms with Gasteiger partial charge in [0, 0.05) is 7.05 Å². The van der Waals surface area contributed by atoms with Gasteiger partial charge in [-0.2, -0.15) is 0 Å². The molecule has 1 N–H and O–H groups in total. The maximum Gasteiger partial charge on any atom is 0.360 e. The van der Waals surface area contributed by atoms with Crippen LogP contribution in [0, 0.1) is 0 Å². The maximum atomic E-state index is 12.6. The SMILES string of the molecule is COc1nn(C(=O)NS(=O)(=O)c2sccc2C2=NOCCO2)c(=O)n1C. The Balaban J connectivity index is 1.91. The van der Waals surface area contributed by atoms with Crippen LogP contribution in [0.1, 0.15) is 5.56 Å². The van der Waals surface area contributed by atoms with Gasteiger partial charge in [0.2, 0.25) is 0 Å². The van der Waals surface area contributed by atoms with E-state index < -0.39 is 21.7 Å². The van der Waals surface area contributed by atoms with E-state index in [0.29, 0.717) is 4.68 Å². The Morgan fingerprint density at radius 3 is 2.81 bits per heavy atom. The quantitative estimate of drug-likeness (QED) is 0.706. The minimum absolute atomic E-state index is 0.0120. The number of methoxy groups -OCH3 is 1. The third-order valence-corrected chi connectivity index (χ3v) is 6.01. The first-order chi connectivity index (χ1) is 12.3. The second-order valence-corrected chi connectivity index (χ2v) is 7.64. The van der Waals surface area contributed by atoms with Crippen LogP contribution >= 0.6 is 11.3 Å². The minimum Gasteiger partial charge on any atom is -0.471 e. The molecule has 3 heterocycles. The van der Waals surface area contributed by atoms with Gasteiger partial charge < -0.3 is 14.3 Å². The van der Waals surface area contributed by atoms with E-state index >= 15 is 0 Å². The summed E-state index contributed by atoms with van der Waals surface area (Å²) in [5.41, 5.74) is -0.727. The van der Waals surface area contributed by atoms with Gasteiger partial charge in [-0.25, -0.2) is 27.3 Å². The van der Waals surface area contributed by atoms with E-state index in [9.17, 15) is 18.0 Å². The Morgan fingerprint density at radius 2 is 2.19 bits per heavy atom. The molecular formula is C12H13N5O7S2. The van der Waals surface area contributed by atoms with Crippen LogP contribution in [0.5, 0.6) is 6.01 Å². The lowest BCUT2D eigenvalue weighted by Gasteiger charge is -2.13. The lowest BCUT2D eigenvalue weighted by molar-refractivity contribution is 0.0654. The predicted octanol–water partition coefficient (Wildman–Crippen LogP) is -0.693. The molecule has 1 aliphatic rings. The summed E-state index contributed by atoms with van der Waals surface area (Å²) in [6, 6.07) is 0.0603. The van der Waals surface area contributed by atoms with Crippen LogP contribution in [0.15, 0.2) is 25.6 Å². The molecule has 0 radical (unpaired) electrons. The number of carbonyl (C=O) groups excluding carboxylic acids is 1. The lowest BCUT2D eigenvalue weighted by atomic mass is 10.3. The lowest BCUT2D eigenvalue weighted by Crippen LogP contribution is -2.40. The van der Waals surface area contributed by atoms with E-state index in [0.717, 1.165) is 15.9 Å². The zero-order chi connectivity index (χ0) is 18.9. The second kappa shape index (κ2) is 6.80. The Bertz CT molecular complexity index is 1030. The molecule has 0 saturated heterocycles. The minimum atomic E-state index is -4.32. The van der Waals surface area contributed by atoms with Gasteiger partial charge in [-0.15, -0.1) is 21.1 Å². The smallest absolute Gasteiger partial charge is 0.360 e. The molecule has 26 heavy (non-hydrogen) atoms. The molecule has 0 atom stereocenters. The van der Waals surface area contributed by atoms with Crippen molar-refractivity contribution in [3.05, 3.63) is 27.5 Å². The normalized spacial score (nSPS) is 14.2. The van der Waals surface area contributed by atoms with Gasteiger partial charge in [0.05, 0.1) is 12.7 Å². The summed E-state index contributed by atoms with van der Waals surface area (Å²) in [4.78, 5) is 29.0. The van der Waals surface area contributed by atoms with E-state index in [-0.39, 0.29) is 34.9 Å². The average Bonchev–Trinajstić information content (AvgIpc) is 3.22. The summed E-state index contributed by atoms with van der Waals surface area (Å²) in [7, 11) is -1.74. The Hall–Kier alpha value is -2.87. The van der Waals surface area contributed by atoms with Gasteiger partial charge >= 0.3 is 17.7 Å². The van der Waals surface area contributed by atoms with Crippen molar-refractivity contribution < 1.29 is 27.5 Å². The van der Waals surface area contributed by atoms with E-state index in [4.69, 9.17) is 14.3 Å². The largest absolute Gasteiger partial charge is 0.471 e. The molecule has 0 bridgehead atoms. The third kappa shape index (κ3) is 3.15. The standard InChI is InChI=1S/C12H13N5O7S2/c1-16-11(22-2)13-17(12(16)19)10(18)15-26(20,21)9-7(3-6-25-9)8-14-24-5-4-23-8/h3,6H,4-5H2,1-2H3,(H,15,18). The topological polar surface area (TPSA) is 143 Å². The first-order valence-electron chi connectivity index (χ1n) is 7.03. The summed E-state index contributed by atoms with van der Waals surface area (Å²) in [5, 5.41) is 8.76. The van der Waals surface area contributed by atoms with Gasteiger partial charge in [-0.05, 0) is 16.6 Å². The highest BCUT2D eigenvalue weighted by Gasteiger charge is 2.29. The summed E-state index contributed by atoms with van der Waals surface area (Å²) < 4.78 is 38.1. The molecule has 1 aliphatic heterocycles. The first-order valence-corrected chi connectivity index (χ1v) is 9.39. The number of oxime groups is 1. The van der Waals surface area contributed by atoms with Gasteiger partial charge in [-0.1, -0.05) is 0 Å². The monoisotopic (exact) mass is 403 g/mol. The Morgan fingerprint density at radius 1 is 1.42 bits per heavy atom. The molecule has 140 valence electrons. The van der Waals surface area contributed by atoms with E-state index in [1.807, 2.05) is 0 Å². The number of nitrogens with zero attached hydrogens (tertiary/aromatic N) is 4. The first kappa shape index (κ1) is 17.9. The van der Waals surface area contributed by atoms with Gasteiger partial charge in [0.1, 0.15) is 6.61 Å². The van der Waals surface area contributed by atoms with Gasteiger partial charge in [-0.3, -0.25) is 0 Å². The molecule has 3 rings (SSSR count). The van der Waals surface area contributed by atoms with Crippen LogP contribution in [0.3, 0.4) is 0 Å². The summed E-state index contributed by atoms with van der Waals surface area (Å²) in [6.45, 7) is 0.459. The fourth-order valence-electron chi connectivity index (χ4n) is 2.03. The van der Waals surface area contributed by atoms with Gasteiger partial charge in [0.15, 0.2) is 10.8 Å². The molecule has 14 heteroatoms. The summed E-state index contributed by atoms with van der Waals surface area (Å²) >= 11 is 0.848. The van der Waals surface area contributed by atoms with E-state index in [1.165, 1.54) is 25.6 Å². The van der Waals surface area contributed by atoms with E-state index in [1.54, 1.807) is 4.72 Å². The number of sulfonamides is 1. The zero-order valence-electron chi connectivity index (χ0n) is 13.5. The molecule has 0 aliphatic carbocycles. The molecule has 0 fully saturated rings. The van der Waals surface area contributed by atoms with Crippen molar-refractivity contribution in [1.82, 2.24) is 19.1 Å². The fraction of sp³-hybridized carbons (Fsp3) is 0.333. The summed E-state index contributed by atoms with van der Waals surface area (Å²) in [5.74, 6) is -0.0120. The number of aromatic nitrogens is 3. The highest BCUT2D eigenvalue weighted by Crippen LogP contribution is 2.24. The maximum absolute atomic E-state index is 12.6. The van der Waals surface area contributed by atoms with Crippen LogP contribution in [-0.2, 0) is 26.6 Å². The zero-order valence-corrected chi connectivity index (χ0v) is 15.2. The molecule has 1 amide bonds. The number of amides is 1. The molecule has 12 nitrogen and oxygen atoms in total. The van der Waals surface area contributed by atoms with Crippen molar-refractivity contribution in [3.63, 3.8) is 0 Å². The third-order valence-electron chi connectivity index (χ3n) is 3.20. The van der Waals surface area contributed by atoms with Crippen molar-refractivity contribution in [3.8, 4) is 6.01 Å². The van der Waals surface area contributed by atoms with Crippen molar-refractivity contribution in [2.45, 2.75) is 4.21 Å². The van der Waals surface area contributed by atoms with Crippen molar-refractivity contribution in [2.75, 3.05) is 20.3 Å². The van der Waals surface area contributed by atoms with Gasteiger partial charge in [0.25, 0.3) is 15.9 Å². The van der Waals surface area contributed by atoms with Crippen LogP contribution in [0.25, 0.3) is 0 Å². The average molecular weight is 403 g/mol. The number of nitrogens with one attached hydrogen (secondary N) is 1. The molecule has 0 unspecified atom stereocenters. The molecule has 0 spiro atoms. The number of hydrogen-bond acceptors (Lipinski definition) is 10. The van der Waals surface area contributed by atoms with Crippen LogP contribution in [-0.4, -0.2) is 55.0 Å². The number of carbonyl (C=O) groups is 1. The highest BCUT2D eigenvalue weighted by atomic mass is 32.2. The predicted molar refractivity (Wildman–Crippen MR) is 87.9 cm³/mol. The molecule has 2 aromatic heterocycles. The van der Waals surface area contributed by atoms with Crippen molar-refractivity contribution in [2.24, 2.45) is 12.2 Å². The Labute approximate surface area is 150 Å². The van der Waals surface area contributed by atoms with E-state index in [2.05, 4.69) is 10.3 Å². The van der Waals surface area contributed by atoms with Crippen molar-refractivity contribution >= 4 is 33.3 Å². The van der Waals surface area contributed by atoms with Crippen LogP contribution in [0.2, 0.25) is 0 Å². The second-order valence-electron chi connectivity index (χ2n) is 4.85. The number of rotatable bonds is 4. The number of ether oxygens (including phenoxy) is 2. The van der Waals surface area contributed by atoms with Crippen molar-refractivity contribution in [1.29, 1.82) is 0 Å². The number of thiophene rings is 1. The number of hydrogen-bond donors (Lipinski definition) is 1. The Kier molecular flexibility index (Phi) is 4.69. The molecule has 0 aromatic carbocycles. The summed E-state index contributed by atoms with van der Waals surface area (Å²) in [6.07, 6.45) is 0. The van der Waals surface area contributed by atoms with Crippen LogP contribution < -0.4 is 15.1 Å². The molecular weight excluding hydrogens is 390 g/mol. The molecule has 0 saturated carbocycles. The molecule has 2 aromatic rings. The fourth-order valence-corrected chi connectivity index (χ4v) is 4.29.